The number of hydrogen-bond acceptors (Lipinski definition) is 4. The molecule has 1 aliphatic rings. The highest BCUT2D eigenvalue weighted by atomic mass is 31.2. The van der Waals surface area contributed by atoms with Gasteiger partial charge >= 0.3 is 0 Å². The molecule has 1 heterocycles. The van der Waals surface area contributed by atoms with Crippen molar-refractivity contribution in [1.29, 1.82) is 0 Å². The van der Waals surface area contributed by atoms with Gasteiger partial charge < -0.3 is 14.0 Å². The molecule has 0 aliphatic carbocycles. The number of rotatable bonds is 4. The highest BCUT2D eigenvalue weighted by molar-refractivity contribution is 7.79. The van der Waals surface area contributed by atoms with Crippen molar-refractivity contribution in [3.8, 4) is 11.5 Å². The predicted octanol–water partition coefficient (Wildman–Crippen LogP) is 4.00. The van der Waals surface area contributed by atoms with Gasteiger partial charge in [0.05, 0.1) is 13.5 Å². The third-order valence-electron chi connectivity index (χ3n) is 4.79. The standard InChI is InChI=1S/C22H19O4P/c1-25-19-13-8-14-20-22(19)18(23)15-21(26-20)27(24,16-9-4-2-5-10-16)17-11-6-3-7-12-17/h2-14,21H,15H2,1H3. The van der Waals surface area contributed by atoms with Gasteiger partial charge in [0.1, 0.15) is 17.1 Å². The number of methoxy groups -OCH3 is 1. The van der Waals surface area contributed by atoms with E-state index < -0.39 is 13.0 Å². The van der Waals surface area contributed by atoms with E-state index in [0.717, 1.165) is 0 Å². The van der Waals surface area contributed by atoms with Crippen LogP contribution in [0, 0.1) is 0 Å². The average Bonchev–Trinajstić information content (AvgIpc) is 2.73. The highest BCUT2D eigenvalue weighted by Gasteiger charge is 2.43. The number of fused-ring (bicyclic) bond motifs is 1. The van der Waals surface area contributed by atoms with Crippen molar-refractivity contribution in [2.24, 2.45) is 0 Å². The normalized spacial score (nSPS) is 16.3. The maximum Gasteiger partial charge on any atom is 0.182 e. The second-order valence-corrected chi connectivity index (χ2v) is 9.29. The molecule has 0 spiro atoms. The first kappa shape index (κ1) is 17.6. The van der Waals surface area contributed by atoms with Crippen molar-refractivity contribution < 1.29 is 18.8 Å². The molecule has 0 bridgehead atoms. The molecule has 3 aromatic rings. The lowest BCUT2D eigenvalue weighted by Gasteiger charge is -2.32. The van der Waals surface area contributed by atoms with Gasteiger partial charge in [-0.25, -0.2) is 0 Å². The van der Waals surface area contributed by atoms with E-state index in [0.29, 0.717) is 27.7 Å². The molecular formula is C22H19O4P. The fourth-order valence-electron chi connectivity index (χ4n) is 3.49. The van der Waals surface area contributed by atoms with E-state index in [1.807, 2.05) is 60.7 Å². The average molecular weight is 378 g/mol. The summed E-state index contributed by atoms with van der Waals surface area (Å²) in [6.45, 7) is 0. The van der Waals surface area contributed by atoms with Crippen LogP contribution in [-0.2, 0) is 4.57 Å². The van der Waals surface area contributed by atoms with Crippen molar-refractivity contribution in [2.45, 2.75) is 12.3 Å². The van der Waals surface area contributed by atoms with Crippen molar-refractivity contribution in [3.63, 3.8) is 0 Å². The monoisotopic (exact) mass is 378 g/mol. The quantitative estimate of drug-likeness (QED) is 0.644. The summed E-state index contributed by atoms with van der Waals surface area (Å²) in [5, 5.41) is 1.36. The predicted molar refractivity (Wildman–Crippen MR) is 106 cm³/mol. The number of benzene rings is 3. The zero-order chi connectivity index (χ0) is 18.9. The van der Waals surface area contributed by atoms with Gasteiger partial charge in [-0.2, -0.15) is 0 Å². The van der Waals surface area contributed by atoms with Crippen molar-refractivity contribution in [3.05, 3.63) is 84.4 Å². The zero-order valence-corrected chi connectivity index (χ0v) is 15.8. The zero-order valence-electron chi connectivity index (χ0n) is 14.9. The van der Waals surface area contributed by atoms with Crippen LogP contribution in [0.4, 0.5) is 0 Å². The molecule has 4 nitrogen and oxygen atoms in total. The van der Waals surface area contributed by atoms with E-state index in [1.165, 1.54) is 7.11 Å². The van der Waals surface area contributed by atoms with E-state index in [4.69, 9.17) is 9.47 Å². The van der Waals surface area contributed by atoms with Crippen LogP contribution < -0.4 is 20.1 Å². The molecule has 136 valence electrons. The first-order chi connectivity index (χ1) is 13.1. The van der Waals surface area contributed by atoms with Gasteiger partial charge in [0, 0.05) is 10.6 Å². The minimum Gasteiger partial charge on any atom is -0.496 e. The summed E-state index contributed by atoms with van der Waals surface area (Å²) in [6.07, 6.45) is 0.0362. The molecule has 3 aromatic carbocycles. The smallest absolute Gasteiger partial charge is 0.182 e. The Hall–Kier alpha value is -2.84. The van der Waals surface area contributed by atoms with Gasteiger partial charge in [-0.15, -0.1) is 0 Å². The molecule has 0 radical (unpaired) electrons. The lowest BCUT2D eigenvalue weighted by Crippen LogP contribution is -2.34. The molecule has 1 atom stereocenters. The Labute approximate surface area is 158 Å². The molecule has 27 heavy (non-hydrogen) atoms. The van der Waals surface area contributed by atoms with Gasteiger partial charge in [0.25, 0.3) is 0 Å². The fourth-order valence-corrected chi connectivity index (χ4v) is 6.36. The number of ketones is 1. The van der Waals surface area contributed by atoms with E-state index >= 15 is 0 Å². The number of hydrogen-bond donors (Lipinski definition) is 0. The Balaban J connectivity index is 1.85. The summed E-state index contributed by atoms with van der Waals surface area (Å²) in [7, 11) is -1.68. The van der Waals surface area contributed by atoms with Gasteiger partial charge in [0.15, 0.2) is 18.8 Å². The summed E-state index contributed by atoms with van der Waals surface area (Å²) >= 11 is 0. The summed E-state index contributed by atoms with van der Waals surface area (Å²) in [6, 6.07) is 23.7. The Bertz CT molecular complexity index is 971. The lowest BCUT2D eigenvalue weighted by atomic mass is 10.0. The molecule has 0 saturated heterocycles. The van der Waals surface area contributed by atoms with E-state index in [1.54, 1.807) is 18.2 Å². The molecule has 1 unspecified atom stereocenters. The van der Waals surface area contributed by atoms with Crippen LogP contribution in [0.5, 0.6) is 11.5 Å². The van der Waals surface area contributed by atoms with Gasteiger partial charge in [-0.3, -0.25) is 4.79 Å². The molecule has 0 saturated carbocycles. The van der Waals surface area contributed by atoms with Crippen LogP contribution in [0.2, 0.25) is 0 Å². The minimum absolute atomic E-state index is 0.0362. The molecule has 0 aromatic heterocycles. The minimum atomic E-state index is -3.20. The van der Waals surface area contributed by atoms with Crippen LogP contribution in [0.1, 0.15) is 16.8 Å². The Kier molecular flexibility index (Phi) is 4.59. The SMILES string of the molecule is COc1cccc2c1C(=O)CC(P(=O)(c1ccccc1)c1ccccc1)O2. The Morgan fingerprint density at radius 2 is 1.48 bits per heavy atom. The summed E-state index contributed by atoms with van der Waals surface area (Å²) in [4.78, 5) is 12.9. The molecule has 0 amide bonds. The topological polar surface area (TPSA) is 52.6 Å². The molecule has 5 heteroatoms. The molecule has 0 N–H and O–H groups in total. The third kappa shape index (κ3) is 2.96. The van der Waals surface area contributed by atoms with Crippen molar-refractivity contribution in [2.75, 3.05) is 7.11 Å². The van der Waals surface area contributed by atoms with Crippen LogP contribution in [0.15, 0.2) is 78.9 Å². The first-order valence-corrected chi connectivity index (χ1v) is 10.5. The van der Waals surface area contributed by atoms with Gasteiger partial charge in [0.2, 0.25) is 0 Å². The van der Waals surface area contributed by atoms with Crippen LogP contribution in [0.25, 0.3) is 0 Å². The lowest BCUT2D eigenvalue weighted by molar-refractivity contribution is 0.0907. The second-order valence-electron chi connectivity index (χ2n) is 6.36. The maximum absolute atomic E-state index is 14.4. The number of Topliss-reactive ketones (excluding diaryl/α,β-unsaturated/α-hetero) is 1. The summed E-state index contributed by atoms with van der Waals surface area (Å²) < 4.78 is 25.8. The number of carbonyl (C=O) groups is 1. The number of ether oxygens (including phenoxy) is 2. The highest BCUT2D eigenvalue weighted by Crippen LogP contribution is 2.53. The Morgan fingerprint density at radius 1 is 0.889 bits per heavy atom. The van der Waals surface area contributed by atoms with E-state index in [-0.39, 0.29) is 12.2 Å². The second kappa shape index (κ2) is 7.05. The van der Waals surface area contributed by atoms with Crippen LogP contribution in [-0.4, -0.2) is 18.7 Å². The summed E-state index contributed by atoms with van der Waals surface area (Å²) in [5.41, 5.74) is 0.420. The fraction of sp³-hybridized carbons (Fsp3) is 0.136. The molecule has 4 rings (SSSR count). The van der Waals surface area contributed by atoms with Gasteiger partial charge in [-0.1, -0.05) is 66.7 Å². The third-order valence-corrected chi connectivity index (χ3v) is 8.02. The molecular weight excluding hydrogens is 359 g/mol. The Morgan fingerprint density at radius 3 is 2.04 bits per heavy atom. The van der Waals surface area contributed by atoms with Gasteiger partial charge in [-0.05, 0) is 12.1 Å². The van der Waals surface area contributed by atoms with Crippen LogP contribution >= 0.6 is 7.14 Å². The first-order valence-electron chi connectivity index (χ1n) is 8.72. The van der Waals surface area contributed by atoms with Crippen LogP contribution in [0.3, 0.4) is 0 Å². The van der Waals surface area contributed by atoms with Crippen molar-refractivity contribution >= 4 is 23.5 Å². The van der Waals surface area contributed by atoms with Crippen molar-refractivity contribution in [1.82, 2.24) is 0 Å². The van der Waals surface area contributed by atoms with E-state index in [9.17, 15) is 9.36 Å². The molecule has 0 fully saturated rings. The van der Waals surface area contributed by atoms with E-state index in [2.05, 4.69) is 0 Å². The number of carbonyl (C=O) groups excluding carboxylic acids is 1. The molecule has 1 aliphatic heterocycles. The largest absolute Gasteiger partial charge is 0.496 e. The maximum atomic E-state index is 14.4. The summed E-state index contributed by atoms with van der Waals surface area (Å²) in [5.74, 6) is 0.0214.